The number of rotatable bonds is 4. The third kappa shape index (κ3) is 3.66. The minimum Gasteiger partial charge on any atom is -0.378 e. The summed E-state index contributed by atoms with van der Waals surface area (Å²) < 4.78 is 10.7. The molecule has 1 fully saturated rings. The molecule has 0 bridgehead atoms. The molecule has 0 spiro atoms. The summed E-state index contributed by atoms with van der Waals surface area (Å²) in [5, 5.41) is 2.85. The first-order valence-electron chi connectivity index (χ1n) is 5.97. The summed E-state index contributed by atoms with van der Waals surface area (Å²) in [4.78, 5) is 11.9. The third-order valence-electron chi connectivity index (χ3n) is 3.30. The molecule has 1 unspecified atom stereocenters. The van der Waals surface area contributed by atoms with Crippen LogP contribution in [0.25, 0.3) is 0 Å². The molecule has 1 amide bonds. The van der Waals surface area contributed by atoms with Gasteiger partial charge in [-0.05, 0) is 5.41 Å². The van der Waals surface area contributed by atoms with Gasteiger partial charge in [0.05, 0.1) is 12.6 Å². The van der Waals surface area contributed by atoms with Gasteiger partial charge in [0.2, 0.25) is 5.91 Å². The zero-order valence-electron chi connectivity index (χ0n) is 11.2. The van der Waals surface area contributed by atoms with E-state index in [1.807, 2.05) is 20.8 Å². The number of amides is 1. The lowest BCUT2D eigenvalue weighted by Gasteiger charge is -2.29. The molecule has 0 aliphatic carbocycles. The average Bonchev–Trinajstić information content (AvgIpc) is 2.73. The van der Waals surface area contributed by atoms with Gasteiger partial charge in [0.1, 0.15) is 5.60 Å². The molecule has 1 saturated heterocycles. The van der Waals surface area contributed by atoms with Gasteiger partial charge in [0.25, 0.3) is 0 Å². The van der Waals surface area contributed by atoms with E-state index in [4.69, 9.17) is 15.2 Å². The molecule has 1 heterocycles. The quantitative estimate of drug-likeness (QED) is 0.745. The van der Waals surface area contributed by atoms with Gasteiger partial charge >= 0.3 is 0 Å². The van der Waals surface area contributed by atoms with Crippen molar-refractivity contribution in [3.63, 3.8) is 0 Å². The van der Waals surface area contributed by atoms with E-state index in [9.17, 15) is 4.79 Å². The number of methoxy groups -OCH3 is 1. The van der Waals surface area contributed by atoms with Crippen molar-refractivity contribution in [1.29, 1.82) is 0 Å². The van der Waals surface area contributed by atoms with Crippen LogP contribution in [0, 0.1) is 5.41 Å². The van der Waals surface area contributed by atoms with E-state index in [1.165, 1.54) is 0 Å². The summed E-state index contributed by atoms with van der Waals surface area (Å²) >= 11 is 0. The van der Waals surface area contributed by atoms with Crippen LogP contribution in [0.15, 0.2) is 0 Å². The number of carbonyl (C=O) groups is 1. The summed E-state index contributed by atoms with van der Waals surface area (Å²) in [6.07, 6.45) is 0.800. The molecule has 1 rings (SSSR count). The Morgan fingerprint density at radius 2 is 2.24 bits per heavy atom. The number of ether oxygens (including phenoxy) is 2. The van der Waals surface area contributed by atoms with Crippen molar-refractivity contribution in [2.24, 2.45) is 11.1 Å². The van der Waals surface area contributed by atoms with Crippen LogP contribution in [0.2, 0.25) is 0 Å². The normalized spacial score (nSPS) is 26.9. The highest BCUT2D eigenvalue weighted by Crippen LogP contribution is 2.22. The third-order valence-corrected chi connectivity index (χ3v) is 3.30. The first kappa shape index (κ1) is 14.4. The summed E-state index contributed by atoms with van der Waals surface area (Å²) in [6, 6.07) is -0.515. The van der Waals surface area contributed by atoms with Gasteiger partial charge in [-0.2, -0.15) is 0 Å². The van der Waals surface area contributed by atoms with Crippen molar-refractivity contribution in [1.82, 2.24) is 5.32 Å². The highest BCUT2D eigenvalue weighted by atomic mass is 16.5. The molecular formula is C12H24N2O3. The van der Waals surface area contributed by atoms with E-state index in [0.717, 1.165) is 6.42 Å². The molecule has 3 N–H and O–H groups in total. The van der Waals surface area contributed by atoms with Crippen LogP contribution in [-0.4, -0.2) is 44.4 Å². The number of hydrogen-bond acceptors (Lipinski definition) is 4. The Hall–Kier alpha value is -0.650. The predicted molar refractivity (Wildman–Crippen MR) is 65.6 cm³/mol. The molecule has 1 aliphatic heterocycles. The average molecular weight is 244 g/mol. The fraction of sp³-hybridized carbons (Fsp3) is 0.917. The summed E-state index contributed by atoms with van der Waals surface area (Å²) in [5.41, 5.74) is 5.26. The van der Waals surface area contributed by atoms with Gasteiger partial charge in [0, 0.05) is 26.7 Å². The van der Waals surface area contributed by atoms with Crippen molar-refractivity contribution in [3.8, 4) is 0 Å². The molecule has 5 nitrogen and oxygen atoms in total. The Morgan fingerprint density at radius 1 is 1.59 bits per heavy atom. The number of nitrogens with two attached hydrogens (primary N) is 1. The van der Waals surface area contributed by atoms with Crippen LogP contribution in [0.3, 0.4) is 0 Å². The maximum absolute atomic E-state index is 11.9. The topological polar surface area (TPSA) is 73.6 Å². The summed E-state index contributed by atoms with van der Waals surface area (Å²) in [6.45, 7) is 7.49. The van der Waals surface area contributed by atoms with E-state index in [2.05, 4.69) is 5.32 Å². The smallest absolute Gasteiger partial charge is 0.237 e. The molecular weight excluding hydrogens is 220 g/mol. The molecule has 0 aromatic heterocycles. The van der Waals surface area contributed by atoms with Gasteiger partial charge in [-0.25, -0.2) is 0 Å². The highest BCUT2D eigenvalue weighted by molar-refractivity contribution is 5.82. The minimum atomic E-state index is -0.515. The molecule has 0 saturated carbocycles. The van der Waals surface area contributed by atoms with E-state index < -0.39 is 6.04 Å². The minimum absolute atomic E-state index is 0.138. The van der Waals surface area contributed by atoms with Crippen molar-refractivity contribution >= 4 is 5.91 Å². The van der Waals surface area contributed by atoms with Crippen molar-refractivity contribution in [3.05, 3.63) is 0 Å². The van der Waals surface area contributed by atoms with Gasteiger partial charge in [-0.1, -0.05) is 20.8 Å². The second-order valence-electron chi connectivity index (χ2n) is 5.75. The summed E-state index contributed by atoms with van der Waals surface area (Å²) in [5.74, 6) is -0.138. The van der Waals surface area contributed by atoms with Crippen LogP contribution < -0.4 is 11.1 Å². The predicted octanol–water partition coefficient (Wildman–Crippen LogP) is 0.282. The van der Waals surface area contributed by atoms with Gasteiger partial charge in [-0.3, -0.25) is 4.79 Å². The molecule has 0 radical (unpaired) electrons. The van der Waals surface area contributed by atoms with Crippen LogP contribution >= 0.6 is 0 Å². The molecule has 0 aromatic carbocycles. The van der Waals surface area contributed by atoms with Crippen molar-refractivity contribution in [2.45, 2.75) is 38.8 Å². The fourth-order valence-corrected chi connectivity index (χ4v) is 1.71. The van der Waals surface area contributed by atoms with E-state index in [-0.39, 0.29) is 16.9 Å². The maximum Gasteiger partial charge on any atom is 0.237 e. The Balaban J connectivity index is 2.47. The Morgan fingerprint density at radius 3 is 2.65 bits per heavy atom. The largest absolute Gasteiger partial charge is 0.378 e. The van der Waals surface area contributed by atoms with Crippen LogP contribution in [-0.2, 0) is 14.3 Å². The van der Waals surface area contributed by atoms with Crippen molar-refractivity contribution < 1.29 is 14.3 Å². The zero-order chi connectivity index (χ0) is 13.1. The van der Waals surface area contributed by atoms with Crippen LogP contribution in [0.5, 0.6) is 0 Å². The molecule has 0 aromatic rings. The molecule has 5 heteroatoms. The molecule has 1 aliphatic rings. The monoisotopic (exact) mass is 244 g/mol. The highest BCUT2D eigenvalue weighted by Gasteiger charge is 2.36. The lowest BCUT2D eigenvalue weighted by atomic mass is 9.87. The van der Waals surface area contributed by atoms with Crippen LogP contribution in [0.1, 0.15) is 27.2 Å². The molecule has 100 valence electrons. The van der Waals surface area contributed by atoms with Crippen molar-refractivity contribution in [2.75, 3.05) is 26.9 Å². The lowest BCUT2D eigenvalue weighted by Crippen LogP contribution is -2.53. The summed E-state index contributed by atoms with van der Waals surface area (Å²) in [7, 11) is 1.64. The second kappa shape index (κ2) is 5.33. The number of carbonyl (C=O) groups excluding carboxylic acids is 1. The standard InChI is InChI=1S/C12H24N2O3/c1-11(2,3)9(13)10(15)14-7-12(16-4)5-6-17-8-12/h9H,5-8,13H2,1-4H3,(H,14,15)/t9-,12?/m0/s1. The SMILES string of the molecule is COC1(CNC(=O)[C@H](N)C(C)(C)C)CCOC1. The number of nitrogens with one attached hydrogen (secondary N) is 1. The second-order valence-corrected chi connectivity index (χ2v) is 5.75. The maximum atomic E-state index is 11.9. The first-order valence-corrected chi connectivity index (χ1v) is 5.97. The Kier molecular flexibility index (Phi) is 4.52. The lowest BCUT2D eigenvalue weighted by molar-refractivity contribution is -0.126. The van der Waals surface area contributed by atoms with Gasteiger partial charge < -0.3 is 20.5 Å². The fourth-order valence-electron chi connectivity index (χ4n) is 1.71. The zero-order valence-corrected chi connectivity index (χ0v) is 11.2. The van der Waals surface area contributed by atoms with E-state index in [1.54, 1.807) is 7.11 Å². The Labute approximate surface area is 103 Å². The molecule has 17 heavy (non-hydrogen) atoms. The van der Waals surface area contributed by atoms with E-state index >= 15 is 0 Å². The number of hydrogen-bond donors (Lipinski definition) is 2. The van der Waals surface area contributed by atoms with E-state index in [0.29, 0.717) is 19.8 Å². The molecule has 2 atom stereocenters. The van der Waals surface area contributed by atoms with Crippen LogP contribution in [0.4, 0.5) is 0 Å². The first-order chi connectivity index (χ1) is 7.81. The Bertz CT molecular complexity index is 267. The van der Waals surface area contributed by atoms with Gasteiger partial charge in [0.15, 0.2) is 0 Å². The van der Waals surface area contributed by atoms with Gasteiger partial charge in [-0.15, -0.1) is 0 Å².